The number of primary amides is 1. The molecule has 6 nitrogen and oxygen atoms in total. The number of amides is 1. The van der Waals surface area contributed by atoms with Crippen LogP contribution in [0.4, 0.5) is 4.39 Å². The fourth-order valence-electron chi connectivity index (χ4n) is 4.52. The van der Waals surface area contributed by atoms with E-state index in [-0.39, 0.29) is 17.5 Å². The summed E-state index contributed by atoms with van der Waals surface area (Å²) in [6.45, 7) is 0. The highest BCUT2D eigenvalue weighted by Gasteiger charge is 2.28. The highest BCUT2D eigenvalue weighted by atomic mass is 32.1. The Morgan fingerprint density at radius 3 is 2.43 bits per heavy atom. The van der Waals surface area contributed by atoms with Crippen LogP contribution in [0.3, 0.4) is 0 Å². The molecule has 1 fully saturated rings. The van der Waals surface area contributed by atoms with Crippen molar-refractivity contribution < 1.29 is 14.0 Å². The van der Waals surface area contributed by atoms with Crippen LogP contribution >= 0.6 is 11.3 Å². The maximum Gasteiger partial charge on any atom is 0.248 e. The van der Waals surface area contributed by atoms with E-state index in [0.29, 0.717) is 22.5 Å². The monoisotopic (exact) mass is 484 g/mol. The Balaban J connectivity index is 1.50. The van der Waals surface area contributed by atoms with E-state index >= 15 is 4.39 Å². The number of benzene rings is 2. The van der Waals surface area contributed by atoms with Crippen molar-refractivity contribution >= 4 is 33.2 Å². The molecule has 1 amide bonds. The third kappa shape index (κ3) is 3.66. The number of halogens is 1. The molecule has 2 aromatic carbocycles. The Morgan fingerprint density at radius 1 is 1.03 bits per heavy atom. The molecule has 0 bridgehead atoms. The van der Waals surface area contributed by atoms with Crippen molar-refractivity contribution in [3.8, 4) is 22.6 Å². The molecule has 0 spiro atoms. The van der Waals surface area contributed by atoms with Gasteiger partial charge in [-0.25, -0.2) is 9.37 Å². The first-order valence-electron chi connectivity index (χ1n) is 11.4. The topological polar surface area (TPSA) is 82.9 Å². The summed E-state index contributed by atoms with van der Waals surface area (Å²) in [4.78, 5) is 29.2. The van der Waals surface area contributed by atoms with Gasteiger partial charge in [-0.1, -0.05) is 6.42 Å². The number of thiophene rings is 1. The molecule has 2 N–H and O–H groups in total. The number of nitrogens with zero attached hydrogens (tertiary/aromatic N) is 3. The minimum absolute atomic E-state index is 0.105. The second-order valence-corrected chi connectivity index (χ2v) is 9.85. The van der Waals surface area contributed by atoms with Crippen LogP contribution in [-0.4, -0.2) is 25.8 Å². The lowest BCUT2D eigenvalue weighted by molar-refractivity contribution is 0.0859. The number of nitrogens with two attached hydrogens (primary N) is 1. The third-order valence-electron chi connectivity index (χ3n) is 6.65. The molecular weight excluding hydrogens is 463 g/mol. The minimum Gasteiger partial charge on any atom is -0.366 e. The fraction of sp³-hybridized carbons (Fsp3) is 0.148. The summed E-state index contributed by atoms with van der Waals surface area (Å²) in [5, 5.41) is 0. The number of Topliss-reactive ketones (excluding diaryl/α,β-unsaturated/α-hetero) is 1. The summed E-state index contributed by atoms with van der Waals surface area (Å²) in [6, 6.07) is 15.8. The van der Waals surface area contributed by atoms with E-state index in [1.807, 2.05) is 22.8 Å². The van der Waals surface area contributed by atoms with Gasteiger partial charge in [-0.3, -0.25) is 9.59 Å². The SMILES string of the molecule is NC(=O)c1ccc(-n2c(-c3ccc(-n4ccnc4)cc3F)cc3sc(C(=O)C4CCC4)cc32)cc1. The van der Waals surface area contributed by atoms with E-state index in [0.717, 1.165) is 40.0 Å². The van der Waals surface area contributed by atoms with Crippen LogP contribution in [0.25, 0.3) is 32.8 Å². The van der Waals surface area contributed by atoms with Crippen LogP contribution < -0.4 is 5.73 Å². The predicted molar refractivity (Wildman–Crippen MR) is 134 cm³/mol. The maximum atomic E-state index is 15.4. The van der Waals surface area contributed by atoms with Crippen LogP contribution in [0.15, 0.2) is 73.3 Å². The van der Waals surface area contributed by atoms with Gasteiger partial charge < -0.3 is 14.9 Å². The summed E-state index contributed by atoms with van der Waals surface area (Å²) < 4.78 is 20.0. The number of hydrogen-bond acceptors (Lipinski definition) is 4. The van der Waals surface area contributed by atoms with Gasteiger partial charge in [-0.15, -0.1) is 11.3 Å². The Kier molecular flexibility index (Phi) is 5.11. The number of rotatable bonds is 6. The van der Waals surface area contributed by atoms with E-state index in [1.54, 1.807) is 53.6 Å². The Labute approximate surface area is 204 Å². The molecule has 1 aliphatic carbocycles. The lowest BCUT2D eigenvalue weighted by Crippen LogP contribution is -2.21. The van der Waals surface area contributed by atoms with Gasteiger partial charge in [0, 0.05) is 40.8 Å². The molecule has 8 heteroatoms. The Bertz CT molecular complexity index is 1580. The van der Waals surface area contributed by atoms with E-state index in [1.165, 1.54) is 17.4 Å². The Morgan fingerprint density at radius 2 is 1.80 bits per heavy atom. The number of aromatic nitrogens is 3. The van der Waals surface area contributed by atoms with E-state index in [2.05, 4.69) is 4.98 Å². The maximum absolute atomic E-state index is 15.4. The smallest absolute Gasteiger partial charge is 0.248 e. The molecule has 1 aliphatic rings. The van der Waals surface area contributed by atoms with Crippen molar-refractivity contribution in [2.75, 3.05) is 0 Å². The first-order valence-corrected chi connectivity index (χ1v) is 12.2. The first-order chi connectivity index (χ1) is 17.0. The van der Waals surface area contributed by atoms with Gasteiger partial charge in [0.25, 0.3) is 0 Å². The molecule has 0 aliphatic heterocycles. The average molecular weight is 485 g/mol. The number of ketones is 1. The molecule has 5 aromatic rings. The quantitative estimate of drug-likeness (QED) is 0.311. The zero-order valence-corrected chi connectivity index (χ0v) is 19.5. The van der Waals surface area contributed by atoms with Crippen molar-refractivity contribution in [2.45, 2.75) is 19.3 Å². The third-order valence-corrected chi connectivity index (χ3v) is 7.74. The van der Waals surface area contributed by atoms with Gasteiger partial charge in [0.2, 0.25) is 5.91 Å². The van der Waals surface area contributed by atoms with E-state index < -0.39 is 5.91 Å². The molecule has 0 unspecified atom stereocenters. The molecule has 0 atom stereocenters. The number of carbonyl (C=O) groups excluding carboxylic acids is 2. The van der Waals surface area contributed by atoms with Crippen LogP contribution in [0.1, 0.15) is 39.3 Å². The van der Waals surface area contributed by atoms with Crippen molar-refractivity contribution in [3.05, 3.63) is 89.6 Å². The summed E-state index contributed by atoms with van der Waals surface area (Å²) in [5.41, 5.74) is 9.15. The average Bonchev–Trinajstić information content (AvgIpc) is 3.54. The number of hydrogen-bond donors (Lipinski definition) is 1. The van der Waals surface area contributed by atoms with Gasteiger partial charge in [-0.05, 0) is 67.4 Å². The van der Waals surface area contributed by atoms with Crippen molar-refractivity contribution in [1.29, 1.82) is 0 Å². The zero-order chi connectivity index (χ0) is 24.1. The van der Waals surface area contributed by atoms with Crippen molar-refractivity contribution in [1.82, 2.24) is 14.1 Å². The number of imidazole rings is 1. The number of fused-ring (bicyclic) bond motifs is 1. The lowest BCUT2D eigenvalue weighted by atomic mass is 9.82. The highest BCUT2D eigenvalue weighted by molar-refractivity contribution is 7.20. The summed E-state index contributed by atoms with van der Waals surface area (Å²) in [5.74, 6) is -0.596. The minimum atomic E-state index is -0.514. The number of carbonyl (C=O) groups is 2. The lowest BCUT2D eigenvalue weighted by Gasteiger charge is -2.22. The van der Waals surface area contributed by atoms with Crippen LogP contribution in [0, 0.1) is 11.7 Å². The van der Waals surface area contributed by atoms with E-state index in [4.69, 9.17) is 5.73 Å². The molecule has 35 heavy (non-hydrogen) atoms. The largest absolute Gasteiger partial charge is 0.366 e. The normalized spacial score (nSPS) is 13.7. The van der Waals surface area contributed by atoms with Crippen molar-refractivity contribution in [3.63, 3.8) is 0 Å². The Hall–Kier alpha value is -4.04. The fourth-order valence-corrected chi connectivity index (χ4v) is 5.62. The zero-order valence-electron chi connectivity index (χ0n) is 18.6. The summed E-state index contributed by atoms with van der Waals surface area (Å²) in [7, 11) is 0. The van der Waals surface area contributed by atoms with Gasteiger partial charge in [0.05, 0.1) is 27.1 Å². The molecule has 6 rings (SSSR count). The van der Waals surface area contributed by atoms with Gasteiger partial charge in [0.15, 0.2) is 5.78 Å². The molecule has 3 heterocycles. The molecule has 0 saturated heterocycles. The standard InChI is InChI=1S/C27H21FN4O2S/c28-21-12-19(31-11-10-30-15-31)8-9-20(21)22-13-24-23(14-25(35-24)26(33)16-2-1-3-16)32(22)18-6-4-17(5-7-18)27(29)34/h4-16H,1-3H2,(H2,29,34). The predicted octanol–water partition coefficient (Wildman–Crippen LogP) is 5.77. The van der Waals surface area contributed by atoms with Gasteiger partial charge in [-0.2, -0.15) is 0 Å². The van der Waals surface area contributed by atoms with Crippen molar-refractivity contribution in [2.24, 2.45) is 11.7 Å². The van der Waals surface area contributed by atoms with Crippen LogP contribution in [-0.2, 0) is 0 Å². The first kappa shape index (κ1) is 21.5. The van der Waals surface area contributed by atoms with Crippen LogP contribution in [0.5, 0.6) is 0 Å². The highest BCUT2D eigenvalue weighted by Crippen LogP contribution is 2.40. The second-order valence-electron chi connectivity index (χ2n) is 8.76. The molecule has 3 aromatic heterocycles. The van der Waals surface area contributed by atoms with Gasteiger partial charge in [0.1, 0.15) is 5.82 Å². The summed E-state index contributed by atoms with van der Waals surface area (Å²) in [6.07, 6.45) is 7.99. The molecule has 174 valence electrons. The molecule has 1 saturated carbocycles. The second kappa shape index (κ2) is 8.32. The van der Waals surface area contributed by atoms with Crippen LogP contribution in [0.2, 0.25) is 0 Å². The molecular formula is C27H21FN4O2S. The molecule has 0 radical (unpaired) electrons. The summed E-state index contributed by atoms with van der Waals surface area (Å²) >= 11 is 1.44. The van der Waals surface area contributed by atoms with Gasteiger partial charge >= 0.3 is 0 Å². The van der Waals surface area contributed by atoms with E-state index in [9.17, 15) is 9.59 Å².